The Balaban J connectivity index is 2.34. The van der Waals surface area contributed by atoms with Crippen molar-refractivity contribution in [3.8, 4) is 0 Å². The van der Waals surface area contributed by atoms with Gasteiger partial charge in [-0.05, 0) is 44.7 Å². The number of carbonyl (C=O) groups is 1. The molecule has 7 heteroatoms. The summed E-state index contributed by atoms with van der Waals surface area (Å²) in [6.45, 7) is 5.78. The molecule has 0 unspecified atom stereocenters. The molecule has 1 aromatic carbocycles. The van der Waals surface area contributed by atoms with E-state index in [1.54, 1.807) is 37.8 Å². The van der Waals surface area contributed by atoms with Crippen molar-refractivity contribution in [1.29, 1.82) is 0 Å². The van der Waals surface area contributed by atoms with Crippen LogP contribution in [-0.4, -0.2) is 40.8 Å². The van der Waals surface area contributed by atoms with Crippen molar-refractivity contribution in [3.05, 3.63) is 46.3 Å². The maximum atomic E-state index is 12.5. The minimum atomic E-state index is -1.44. The monoisotopic (exact) mass is 332 g/mol. The number of hydrogen-bond acceptors (Lipinski definition) is 4. The molecule has 2 atom stereocenters. The molecule has 0 aromatic heterocycles. The molecule has 2 rings (SSSR count). The number of azide groups is 1. The van der Waals surface area contributed by atoms with Crippen LogP contribution in [0.2, 0.25) is 0 Å². The molecule has 0 radical (unpaired) electrons. The summed E-state index contributed by atoms with van der Waals surface area (Å²) in [5.74, 6) is 0. The van der Waals surface area contributed by atoms with Crippen molar-refractivity contribution < 1.29 is 14.6 Å². The number of carbonyl (C=O) groups excluding carboxylic acids is 1. The number of ether oxygens (including phenoxy) is 1. The van der Waals surface area contributed by atoms with E-state index in [9.17, 15) is 9.90 Å². The van der Waals surface area contributed by atoms with Gasteiger partial charge in [0.25, 0.3) is 0 Å². The summed E-state index contributed by atoms with van der Waals surface area (Å²) in [6.07, 6.45) is 0.918. The number of nitrogens with zero attached hydrogens (tertiary/aromatic N) is 4. The van der Waals surface area contributed by atoms with E-state index in [0.29, 0.717) is 18.5 Å². The molecule has 1 amide bonds. The van der Waals surface area contributed by atoms with Crippen molar-refractivity contribution in [2.75, 3.05) is 13.1 Å². The Morgan fingerprint density at radius 2 is 2.08 bits per heavy atom. The van der Waals surface area contributed by atoms with E-state index in [4.69, 9.17) is 10.3 Å². The molecule has 1 aliphatic heterocycles. The lowest BCUT2D eigenvalue weighted by atomic mass is 9.85. The molecule has 130 valence electrons. The predicted octanol–water partition coefficient (Wildman–Crippen LogP) is 3.58. The lowest BCUT2D eigenvalue weighted by Gasteiger charge is -2.39. The number of rotatable bonds is 4. The topological polar surface area (TPSA) is 98.5 Å². The number of aliphatic hydroxyl groups is 1. The zero-order valence-corrected chi connectivity index (χ0v) is 14.3. The minimum absolute atomic E-state index is 0.141. The second kappa shape index (κ2) is 7.11. The van der Waals surface area contributed by atoms with Crippen LogP contribution in [0.15, 0.2) is 35.4 Å². The van der Waals surface area contributed by atoms with E-state index in [1.165, 1.54) is 0 Å². The summed E-state index contributed by atoms with van der Waals surface area (Å²) in [5, 5.41) is 14.9. The fraction of sp³-hybridized carbons (Fsp3) is 0.588. The molecular formula is C17H24N4O3. The number of benzene rings is 1. The highest BCUT2D eigenvalue weighted by Gasteiger charge is 2.46. The SMILES string of the molecule is CC(C)(C)OC(=O)N1CCC[C@H]1[C@@](O)(CN=[N+]=[N-])c1ccccc1. The maximum absolute atomic E-state index is 12.5. The van der Waals surface area contributed by atoms with Gasteiger partial charge in [0.1, 0.15) is 11.2 Å². The van der Waals surface area contributed by atoms with Crippen molar-refractivity contribution in [2.24, 2.45) is 5.11 Å². The van der Waals surface area contributed by atoms with Gasteiger partial charge in [0.2, 0.25) is 0 Å². The zero-order chi connectivity index (χ0) is 17.8. The highest BCUT2D eigenvalue weighted by Crippen LogP contribution is 2.36. The Kier molecular flexibility index (Phi) is 5.36. The third-order valence-corrected chi connectivity index (χ3v) is 4.08. The van der Waals surface area contributed by atoms with Gasteiger partial charge >= 0.3 is 6.09 Å². The molecule has 1 aromatic rings. The lowest BCUT2D eigenvalue weighted by Crippen LogP contribution is -2.52. The highest BCUT2D eigenvalue weighted by atomic mass is 16.6. The van der Waals surface area contributed by atoms with Crippen molar-refractivity contribution in [3.63, 3.8) is 0 Å². The Hall–Kier alpha value is -2.24. The third kappa shape index (κ3) is 3.99. The Bertz CT molecular complexity index is 622. The van der Waals surface area contributed by atoms with E-state index in [1.807, 2.05) is 18.2 Å². The van der Waals surface area contributed by atoms with Crippen LogP contribution < -0.4 is 0 Å². The number of hydrogen-bond donors (Lipinski definition) is 1. The van der Waals surface area contributed by atoms with Crippen molar-refractivity contribution in [1.82, 2.24) is 4.90 Å². The van der Waals surface area contributed by atoms with Gasteiger partial charge in [-0.1, -0.05) is 35.4 Å². The zero-order valence-electron chi connectivity index (χ0n) is 14.3. The van der Waals surface area contributed by atoms with Gasteiger partial charge in [0.05, 0.1) is 12.6 Å². The second-order valence-corrected chi connectivity index (χ2v) is 7.01. The molecule has 1 heterocycles. The molecular weight excluding hydrogens is 308 g/mol. The molecule has 0 aliphatic carbocycles. The molecule has 0 saturated carbocycles. The smallest absolute Gasteiger partial charge is 0.410 e. The Morgan fingerprint density at radius 3 is 2.67 bits per heavy atom. The van der Waals surface area contributed by atoms with Crippen LogP contribution in [-0.2, 0) is 10.3 Å². The summed E-state index contributed by atoms with van der Waals surface area (Å²) < 4.78 is 5.46. The lowest BCUT2D eigenvalue weighted by molar-refractivity contribution is -0.0425. The Labute approximate surface area is 141 Å². The van der Waals surface area contributed by atoms with Gasteiger partial charge in [-0.15, -0.1) is 0 Å². The first-order valence-corrected chi connectivity index (χ1v) is 8.06. The summed E-state index contributed by atoms with van der Waals surface area (Å²) in [5.41, 5.74) is 7.26. The van der Waals surface area contributed by atoms with Gasteiger partial charge in [-0.3, -0.25) is 0 Å². The number of amides is 1. The highest BCUT2D eigenvalue weighted by molar-refractivity contribution is 5.69. The van der Waals surface area contributed by atoms with Gasteiger partial charge in [-0.2, -0.15) is 0 Å². The van der Waals surface area contributed by atoms with Crippen LogP contribution in [0.4, 0.5) is 4.79 Å². The average molecular weight is 332 g/mol. The fourth-order valence-electron chi connectivity index (χ4n) is 3.06. The first-order chi connectivity index (χ1) is 11.3. The van der Waals surface area contributed by atoms with E-state index in [0.717, 1.165) is 6.42 Å². The average Bonchev–Trinajstić information content (AvgIpc) is 3.02. The Morgan fingerprint density at radius 1 is 1.42 bits per heavy atom. The van der Waals surface area contributed by atoms with Crippen molar-refractivity contribution in [2.45, 2.75) is 50.9 Å². The summed E-state index contributed by atoms with van der Waals surface area (Å²) >= 11 is 0. The normalized spacial score (nSPS) is 20.2. The molecule has 0 bridgehead atoms. The standard InChI is InChI=1S/C17H24N4O3/c1-16(2,3)24-15(22)21-11-7-10-14(21)17(23,12-19-20-18)13-8-5-4-6-9-13/h4-6,8-9,14,23H,7,10-12H2,1-3H3/t14-,17+/m0/s1. The van der Waals surface area contributed by atoms with E-state index in [-0.39, 0.29) is 6.54 Å². The van der Waals surface area contributed by atoms with Crippen LogP contribution in [0, 0.1) is 0 Å². The molecule has 24 heavy (non-hydrogen) atoms. The largest absolute Gasteiger partial charge is 0.444 e. The van der Waals surface area contributed by atoms with Crippen LogP contribution in [0.3, 0.4) is 0 Å². The molecule has 1 saturated heterocycles. The van der Waals surface area contributed by atoms with Crippen LogP contribution in [0.1, 0.15) is 39.2 Å². The van der Waals surface area contributed by atoms with Crippen LogP contribution in [0.25, 0.3) is 10.4 Å². The van der Waals surface area contributed by atoms with Crippen LogP contribution >= 0.6 is 0 Å². The summed E-state index contributed by atoms with van der Waals surface area (Å²) in [6, 6.07) is 8.52. The molecule has 1 fully saturated rings. The van der Waals surface area contributed by atoms with Gasteiger partial charge in [0, 0.05) is 11.5 Å². The summed E-state index contributed by atoms with van der Waals surface area (Å²) in [4.78, 5) is 16.8. The van der Waals surface area contributed by atoms with Crippen LogP contribution in [0.5, 0.6) is 0 Å². The van der Waals surface area contributed by atoms with Gasteiger partial charge in [-0.25, -0.2) is 4.79 Å². The third-order valence-electron chi connectivity index (χ3n) is 4.08. The quantitative estimate of drug-likeness (QED) is 0.518. The van der Waals surface area contributed by atoms with Gasteiger partial charge in [0.15, 0.2) is 0 Å². The van der Waals surface area contributed by atoms with E-state index >= 15 is 0 Å². The first-order valence-electron chi connectivity index (χ1n) is 8.06. The molecule has 1 N–H and O–H groups in total. The maximum Gasteiger partial charge on any atom is 0.410 e. The fourth-order valence-corrected chi connectivity index (χ4v) is 3.06. The minimum Gasteiger partial charge on any atom is -0.444 e. The summed E-state index contributed by atoms with van der Waals surface area (Å²) in [7, 11) is 0. The predicted molar refractivity (Wildman–Crippen MR) is 90.3 cm³/mol. The molecule has 7 nitrogen and oxygen atoms in total. The first kappa shape index (κ1) is 18.1. The van der Waals surface area contributed by atoms with E-state index in [2.05, 4.69) is 10.0 Å². The second-order valence-electron chi connectivity index (χ2n) is 7.01. The molecule has 1 aliphatic rings. The molecule has 0 spiro atoms. The number of likely N-dealkylation sites (tertiary alicyclic amines) is 1. The van der Waals surface area contributed by atoms with Gasteiger partial charge < -0.3 is 14.7 Å². The van der Waals surface area contributed by atoms with Crippen molar-refractivity contribution >= 4 is 6.09 Å². The van der Waals surface area contributed by atoms with E-state index < -0.39 is 23.3 Å².